The first kappa shape index (κ1) is 14.3. The van der Waals surface area contributed by atoms with Gasteiger partial charge in [-0.05, 0) is 35.7 Å². The largest absolute Gasteiger partial charge is 0.361 e. The number of amides is 1. The van der Waals surface area contributed by atoms with Crippen molar-refractivity contribution in [1.82, 2.24) is 10.3 Å². The number of hydrogen-bond acceptors (Lipinski definition) is 1. The van der Waals surface area contributed by atoms with Crippen molar-refractivity contribution in [3.63, 3.8) is 0 Å². The summed E-state index contributed by atoms with van der Waals surface area (Å²) in [6.07, 6.45) is 3.08. The van der Waals surface area contributed by atoms with Gasteiger partial charge in [0.1, 0.15) is 5.82 Å². The summed E-state index contributed by atoms with van der Waals surface area (Å²) < 4.78 is 12.8. The third-order valence-electron chi connectivity index (χ3n) is 3.70. The molecule has 3 aromatic rings. The highest BCUT2D eigenvalue weighted by Gasteiger charge is 2.06. The third-order valence-corrected chi connectivity index (χ3v) is 3.70. The molecule has 0 unspecified atom stereocenters. The Labute approximate surface area is 128 Å². The van der Waals surface area contributed by atoms with E-state index in [1.165, 1.54) is 12.1 Å². The summed E-state index contributed by atoms with van der Waals surface area (Å²) >= 11 is 0. The van der Waals surface area contributed by atoms with Crippen LogP contribution in [0.25, 0.3) is 10.9 Å². The maximum absolute atomic E-state index is 12.8. The van der Waals surface area contributed by atoms with Crippen molar-refractivity contribution in [2.24, 2.45) is 0 Å². The number of para-hydroxylation sites is 1. The predicted molar refractivity (Wildman–Crippen MR) is 84.9 cm³/mol. The SMILES string of the molecule is O=C(CCc1c[nH]c2ccccc12)NCc1ccc(F)cc1. The molecule has 0 aliphatic rings. The zero-order chi connectivity index (χ0) is 15.4. The Kier molecular flexibility index (Phi) is 4.19. The van der Waals surface area contributed by atoms with E-state index in [0.717, 1.165) is 22.0 Å². The molecule has 0 aliphatic heterocycles. The number of aryl methyl sites for hydroxylation is 1. The Morgan fingerprint density at radius 3 is 2.68 bits per heavy atom. The molecule has 2 aromatic carbocycles. The highest BCUT2D eigenvalue weighted by atomic mass is 19.1. The second-order valence-electron chi connectivity index (χ2n) is 5.26. The molecule has 1 heterocycles. The van der Waals surface area contributed by atoms with E-state index >= 15 is 0 Å². The van der Waals surface area contributed by atoms with Gasteiger partial charge in [-0.25, -0.2) is 4.39 Å². The molecule has 0 spiro atoms. The lowest BCUT2D eigenvalue weighted by atomic mass is 10.1. The van der Waals surface area contributed by atoms with Gasteiger partial charge >= 0.3 is 0 Å². The van der Waals surface area contributed by atoms with Gasteiger partial charge < -0.3 is 10.3 Å². The van der Waals surface area contributed by atoms with Crippen LogP contribution in [0, 0.1) is 5.82 Å². The van der Waals surface area contributed by atoms with Crippen LogP contribution >= 0.6 is 0 Å². The Balaban J connectivity index is 1.53. The number of halogens is 1. The second-order valence-corrected chi connectivity index (χ2v) is 5.26. The molecule has 3 nitrogen and oxygen atoms in total. The lowest BCUT2D eigenvalue weighted by molar-refractivity contribution is -0.121. The topological polar surface area (TPSA) is 44.9 Å². The fourth-order valence-corrected chi connectivity index (χ4v) is 2.48. The Morgan fingerprint density at radius 1 is 1.09 bits per heavy atom. The molecule has 3 rings (SSSR count). The Bertz CT molecular complexity index is 777. The third kappa shape index (κ3) is 3.34. The van der Waals surface area contributed by atoms with Crippen molar-refractivity contribution >= 4 is 16.8 Å². The molecule has 0 bridgehead atoms. The smallest absolute Gasteiger partial charge is 0.220 e. The van der Waals surface area contributed by atoms with Gasteiger partial charge in [0.2, 0.25) is 5.91 Å². The Morgan fingerprint density at radius 2 is 1.86 bits per heavy atom. The molecular formula is C18H17FN2O. The van der Waals surface area contributed by atoms with Crippen LogP contribution in [-0.2, 0) is 17.8 Å². The number of hydrogen-bond donors (Lipinski definition) is 2. The minimum Gasteiger partial charge on any atom is -0.361 e. The van der Waals surface area contributed by atoms with Gasteiger partial charge in [-0.15, -0.1) is 0 Å². The highest BCUT2D eigenvalue weighted by molar-refractivity contribution is 5.84. The fourth-order valence-electron chi connectivity index (χ4n) is 2.48. The van der Waals surface area contributed by atoms with E-state index in [2.05, 4.69) is 16.4 Å². The van der Waals surface area contributed by atoms with Gasteiger partial charge in [0, 0.05) is 30.1 Å². The molecule has 0 saturated carbocycles. The van der Waals surface area contributed by atoms with Crippen molar-refractivity contribution in [1.29, 1.82) is 0 Å². The quantitative estimate of drug-likeness (QED) is 0.743. The van der Waals surface area contributed by atoms with Crippen LogP contribution in [0.4, 0.5) is 4.39 Å². The van der Waals surface area contributed by atoms with Gasteiger partial charge in [-0.2, -0.15) is 0 Å². The van der Waals surface area contributed by atoms with Gasteiger partial charge in [-0.3, -0.25) is 4.79 Å². The fraction of sp³-hybridized carbons (Fsp3) is 0.167. The first-order chi connectivity index (χ1) is 10.7. The van der Waals surface area contributed by atoms with Crippen LogP contribution in [0.15, 0.2) is 54.7 Å². The molecule has 2 N–H and O–H groups in total. The van der Waals surface area contributed by atoms with E-state index in [1.54, 1.807) is 12.1 Å². The van der Waals surface area contributed by atoms with Crippen LogP contribution < -0.4 is 5.32 Å². The average molecular weight is 296 g/mol. The Hall–Kier alpha value is -2.62. The number of rotatable bonds is 5. The number of aromatic nitrogens is 1. The monoisotopic (exact) mass is 296 g/mol. The van der Waals surface area contributed by atoms with Crippen molar-refractivity contribution < 1.29 is 9.18 Å². The number of fused-ring (bicyclic) bond motifs is 1. The molecule has 0 aliphatic carbocycles. The number of nitrogens with one attached hydrogen (secondary N) is 2. The highest BCUT2D eigenvalue weighted by Crippen LogP contribution is 2.18. The summed E-state index contributed by atoms with van der Waals surface area (Å²) in [5.74, 6) is -0.274. The normalized spacial score (nSPS) is 10.8. The summed E-state index contributed by atoms with van der Waals surface area (Å²) in [6, 6.07) is 14.2. The van der Waals surface area contributed by atoms with E-state index in [-0.39, 0.29) is 11.7 Å². The van der Waals surface area contributed by atoms with Crippen molar-refractivity contribution in [3.05, 3.63) is 71.7 Å². The molecule has 0 radical (unpaired) electrons. The first-order valence-electron chi connectivity index (χ1n) is 7.28. The van der Waals surface area contributed by atoms with E-state index < -0.39 is 0 Å². The summed E-state index contributed by atoms with van der Waals surface area (Å²) in [5, 5.41) is 4.02. The summed E-state index contributed by atoms with van der Waals surface area (Å²) in [4.78, 5) is 15.1. The van der Waals surface area contributed by atoms with Crippen LogP contribution in [-0.4, -0.2) is 10.9 Å². The molecule has 4 heteroatoms. The zero-order valence-corrected chi connectivity index (χ0v) is 12.1. The molecule has 0 atom stereocenters. The predicted octanol–water partition coefficient (Wildman–Crippen LogP) is 3.56. The molecule has 1 aromatic heterocycles. The van der Waals surface area contributed by atoms with Crippen molar-refractivity contribution in [2.45, 2.75) is 19.4 Å². The van der Waals surface area contributed by atoms with Crippen LogP contribution in [0.3, 0.4) is 0 Å². The molecule has 0 fully saturated rings. The maximum Gasteiger partial charge on any atom is 0.220 e. The van der Waals surface area contributed by atoms with Gasteiger partial charge in [0.05, 0.1) is 0 Å². The second kappa shape index (κ2) is 6.43. The molecule has 1 amide bonds. The number of H-pyrrole nitrogens is 1. The van der Waals surface area contributed by atoms with E-state index in [9.17, 15) is 9.18 Å². The lowest BCUT2D eigenvalue weighted by Crippen LogP contribution is -2.22. The summed E-state index contributed by atoms with van der Waals surface area (Å²) in [6.45, 7) is 0.424. The number of carbonyl (C=O) groups excluding carboxylic acids is 1. The first-order valence-corrected chi connectivity index (χ1v) is 7.28. The maximum atomic E-state index is 12.8. The van der Waals surface area contributed by atoms with Crippen LogP contribution in [0.5, 0.6) is 0 Å². The number of benzene rings is 2. The van der Waals surface area contributed by atoms with E-state index in [0.29, 0.717) is 19.4 Å². The molecule has 112 valence electrons. The van der Waals surface area contributed by atoms with Crippen LogP contribution in [0.2, 0.25) is 0 Å². The van der Waals surface area contributed by atoms with E-state index in [1.807, 2.05) is 24.4 Å². The average Bonchev–Trinajstić information content (AvgIpc) is 2.96. The summed E-state index contributed by atoms with van der Waals surface area (Å²) in [5.41, 5.74) is 3.12. The zero-order valence-electron chi connectivity index (χ0n) is 12.1. The van der Waals surface area contributed by atoms with E-state index in [4.69, 9.17) is 0 Å². The summed E-state index contributed by atoms with van der Waals surface area (Å²) in [7, 11) is 0. The van der Waals surface area contributed by atoms with Gasteiger partial charge in [0.25, 0.3) is 0 Å². The standard InChI is InChI=1S/C18H17FN2O/c19-15-8-5-13(6-9-15)11-21-18(22)10-7-14-12-20-17-4-2-1-3-16(14)17/h1-6,8-9,12,20H,7,10-11H2,(H,21,22). The van der Waals surface area contributed by atoms with Crippen molar-refractivity contribution in [3.8, 4) is 0 Å². The van der Waals surface area contributed by atoms with Gasteiger partial charge in [-0.1, -0.05) is 30.3 Å². The molecule has 0 saturated heterocycles. The minimum atomic E-state index is -0.269. The van der Waals surface area contributed by atoms with Crippen LogP contribution in [0.1, 0.15) is 17.5 Å². The molecule has 22 heavy (non-hydrogen) atoms. The number of carbonyl (C=O) groups is 1. The molecular weight excluding hydrogens is 279 g/mol. The van der Waals surface area contributed by atoms with Crippen molar-refractivity contribution in [2.75, 3.05) is 0 Å². The minimum absolute atomic E-state index is 0.00499. The van der Waals surface area contributed by atoms with Gasteiger partial charge in [0.15, 0.2) is 0 Å². The number of aromatic amines is 1. The lowest BCUT2D eigenvalue weighted by Gasteiger charge is -2.05.